The SMILES string of the molecule is O=C(NCC(O)CO)c1c(I)c(C(=O)NCC(O)CO)c(I)c(N(CCO)C(=O)CO)c1I.O=C(O)c1ccc(I)c(I)c1I. The van der Waals surface area contributed by atoms with Gasteiger partial charge in [0.1, 0.15) is 6.61 Å². The van der Waals surface area contributed by atoms with Crippen LogP contribution < -0.4 is 15.5 Å². The van der Waals surface area contributed by atoms with E-state index in [0.29, 0.717) is 5.56 Å². The van der Waals surface area contributed by atoms with Gasteiger partial charge in [0, 0.05) is 33.9 Å². The molecule has 0 aliphatic heterocycles. The number of nitrogens with zero attached hydrogens (tertiary/aromatic N) is 1. The molecule has 0 aliphatic carbocycles. The van der Waals surface area contributed by atoms with E-state index in [1.807, 2.05) is 51.2 Å². The molecule has 0 radical (unpaired) electrons. The van der Waals surface area contributed by atoms with E-state index < -0.39 is 62.3 Å². The van der Waals surface area contributed by atoms with Gasteiger partial charge in [-0.15, -0.1) is 0 Å². The summed E-state index contributed by atoms with van der Waals surface area (Å²) >= 11 is 11.8. The Balaban J connectivity index is 0.000000701. The highest BCUT2D eigenvalue weighted by Crippen LogP contribution is 2.38. The third kappa shape index (κ3) is 12.4. The number of carbonyl (C=O) groups excluding carboxylic acids is 3. The van der Waals surface area contributed by atoms with Crippen LogP contribution in [0.15, 0.2) is 12.1 Å². The molecule has 0 aromatic heterocycles. The lowest BCUT2D eigenvalue weighted by atomic mass is 10.1. The molecule has 20 heteroatoms. The summed E-state index contributed by atoms with van der Waals surface area (Å²) in [5, 5.41) is 69.6. The number of hydrogen-bond donors (Lipinski definition) is 9. The molecule has 0 fully saturated rings. The zero-order chi connectivity index (χ0) is 34.6. The normalized spacial score (nSPS) is 12.0. The molecule has 0 spiro atoms. The average molecular weight is 1310 g/mol. The van der Waals surface area contributed by atoms with Gasteiger partial charge in [0.15, 0.2) is 0 Å². The van der Waals surface area contributed by atoms with Crippen molar-refractivity contribution in [2.24, 2.45) is 0 Å². The number of carbonyl (C=O) groups is 4. The van der Waals surface area contributed by atoms with Gasteiger partial charge in [0.2, 0.25) is 0 Å². The van der Waals surface area contributed by atoms with Crippen molar-refractivity contribution in [2.45, 2.75) is 12.2 Å². The molecule has 9 N–H and O–H groups in total. The molecule has 2 aromatic rings. The fourth-order valence-electron chi connectivity index (χ4n) is 3.25. The van der Waals surface area contributed by atoms with Gasteiger partial charge >= 0.3 is 5.97 Å². The minimum Gasteiger partial charge on any atom is -0.478 e. The predicted molar refractivity (Wildman–Crippen MR) is 214 cm³/mol. The van der Waals surface area contributed by atoms with Gasteiger partial charge in [0.25, 0.3) is 17.7 Å². The Labute approximate surface area is 339 Å². The minimum atomic E-state index is -1.21. The number of benzene rings is 2. The molecule has 0 saturated carbocycles. The van der Waals surface area contributed by atoms with E-state index in [1.54, 1.807) is 28.7 Å². The third-order valence-electron chi connectivity index (χ3n) is 5.46. The summed E-state index contributed by atoms with van der Waals surface area (Å²) < 4.78 is 3.61. The first kappa shape index (κ1) is 43.5. The Morgan fingerprint density at radius 1 is 0.711 bits per heavy atom. The first-order valence-corrected chi connectivity index (χ1v) is 18.8. The number of amides is 3. The molecule has 3 amide bonds. The van der Waals surface area contributed by atoms with Gasteiger partial charge in [-0.2, -0.15) is 0 Å². The zero-order valence-corrected chi connectivity index (χ0v) is 35.7. The number of hydrogen-bond acceptors (Lipinski definition) is 10. The van der Waals surface area contributed by atoms with Crippen LogP contribution in [0.25, 0.3) is 0 Å². The standard InChI is InChI=1S/C18H24I3N3O9.C7H3I3O2/c19-13-11(17(32)22-3-8(29)5-26)14(20)16(24(1-2-25)10(31)7-28)15(21)12(13)18(33)23-4-9(30)6-27;8-4-2-1-3(7(11)12)5(9)6(4)10/h8-9,25-30H,1-7H2,(H,22,32)(H,23,33);1-2H,(H,11,12). The number of aliphatic hydroxyl groups is 6. The van der Waals surface area contributed by atoms with Gasteiger partial charge in [-0.25, -0.2) is 4.79 Å². The molecule has 2 unspecified atom stereocenters. The Morgan fingerprint density at radius 2 is 1.18 bits per heavy atom. The summed E-state index contributed by atoms with van der Waals surface area (Å²) in [7, 11) is 0. The van der Waals surface area contributed by atoms with Crippen molar-refractivity contribution in [3.63, 3.8) is 0 Å². The highest BCUT2D eigenvalue weighted by atomic mass is 127. The maximum Gasteiger partial charge on any atom is 0.336 e. The van der Waals surface area contributed by atoms with Crippen molar-refractivity contribution in [1.29, 1.82) is 0 Å². The van der Waals surface area contributed by atoms with Crippen LogP contribution >= 0.6 is 136 Å². The number of anilines is 1. The molecule has 14 nitrogen and oxygen atoms in total. The van der Waals surface area contributed by atoms with E-state index in [1.165, 1.54) is 0 Å². The molecule has 250 valence electrons. The highest BCUT2D eigenvalue weighted by molar-refractivity contribution is 14.1. The molecule has 2 aromatic carbocycles. The number of carboxylic acid groups (broad SMARTS) is 1. The van der Waals surface area contributed by atoms with Crippen LogP contribution in [0.3, 0.4) is 0 Å². The van der Waals surface area contributed by atoms with Crippen LogP contribution in [0, 0.1) is 21.4 Å². The summed E-state index contributed by atoms with van der Waals surface area (Å²) in [5.41, 5.74) is 0.488. The Morgan fingerprint density at radius 3 is 1.56 bits per heavy atom. The second-order valence-corrected chi connectivity index (χ2v) is 15.1. The first-order valence-electron chi connectivity index (χ1n) is 12.3. The largest absolute Gasteiger partial charge is 0.478 e. The van der Waals surface area contributed by atoms with Crippen molar-refractivity contribution in [3.8, 4) is 0 Å². The van der Waals surface area contributed by atoms with Gasteiger partial charge in [-0.05, 0) is 148 Å². The molecule has 0 aliphatic rings. The van der Waals surface area contributed by atoms with Crippen LogP contribution in [0.5, 0.6) is 0 Å². The number of aliphatic hydroxyl groups excluding tert-OH is 6. The lowest BCUT2D eigenvalue weighted by Crippen LogP contribution is -2.40. The second kappa shape index (κ2) is 21.5. The fraction of sp³-hybridized carbons (Fsp3) is 0.360. The second-order valence-electron chi connectivity index (χ2n) is 8.59. The number of carboxylic acids is 1. The van der Waals surface area contributed by atoms with E-state index in [0.717, 1.165) is 15.6 Å². The quantitative estimate of drug-likeness (QED) is 0.102. The van der Waals surface area contributed by atoms with Crippen LogP contribution in [0.2, 0.25) is 0 Å². The van der Waals surface area contributed by atoms with E-state index in [2.05, 4.69) is 78.4 Å². The van der Waals surface area contributed by atoms with Gasteiger partial charge in [-0.1, -0.05) is 0 Å². The number of aromatic carboxylic acids is 1. The van der Waals surface area contributed by atoms with Crippen molar-refractivity contribution in [2.75, 3.05) is 51.0 Å². The van der Waals surface area contributed by atoms with Crippen LogP contribution in [-0.2, 0) is 4.79 Å². The van der Waals surface area contributed by atoms with E-state index >= 15 is 0 Å². The molecular formula is C25H27I6N3O11. The fourth-order valence-corrected chi connectivity index (χ4v) is 10.1. The lowest BCUT2D eigenvalue weighted by Gasteiger charge is -2.27. The maximum absolute atomic E-state index is 13.0. The van der Waals surface area contributed by atoms with Crippen LogP contribution in [0.1, 0.15) is 31.1 Å². The molecule has 2 atom stereocenters. The van der Waals surface area contributed by atoms with E-state index in [-0.39, 0.29) is 47.2 Å². The Kier molecular flexibility index (Phi) is 20.8. The monoisotopic (exact) mass is 1310 g/mol. The molecular weight excluding hydrogens is 1280 g/mol. The maximum atomic E-state index is 13.0. The smallest absolute Gasteiger partial charge is 0.336 e. The van der Waals surface area contributed by atoms with Gasteiger partial charge < -0.3 is 51.3 Å². The van der Waals surface area contributed by atoms with Crippen molar-refractivity contribution < 1.29 is 54.9 Å². The topological polar surface area (TPSA) is 237 Å². The lowest BCUT2D eigenvalue weighted by molar-refractivity contribution is -0.121. The average Bonchev–Trinajstić information content (AvgIpc) is 3.00. The van der Waals surface area contributed by atoms with Gasteiger partial charge in [-0.3, -0.25) is 14.4 Å². The summed E-state index contributed by atoms with van der Waals surface area (Å²) in [4.78, 5) is 50.0. The van der Waals surface area contributed by atoms with Crippen LogP contribution in [0.4, 0.5) is 5.69 Å². The number of halogens is 6. The molecule has 0 saturated heterocycles. The van der Waals surface area contributed by atoms with Crippen LogP contribution in [-0.4, -0.2) is 118 Å². The summed E-state index contributed by atoms with van der Waals surface area (Å²) in [5.74, 6) is -3.03. The highest BCUT2D eigenvalue weighted by Gasteiger charge is 2.32. The summed E-state index contributed by atoms with van der Waals surface area (Å²) in [6.07, 6.45) is -2.42. The Bertz CT molecular complexity index is 1350. The van der Waals surface area contributed by atoms with Gasteiger partial charge in [0.05, 0.1) is 61.5 Å². The van der Waals surface area contributed by atoms with Crippen molar-refractivity contribution in [3.05, 3.63) is 50.2 Å². The first-order chi connectivity index (χ1) is 21.1. The minimum absolute atomic E-state index is 0.00158. The molecule has 45 heavy (non-hydrogen) atoms. The van der Waals surface area contributed by atoms with Crippen molar-refractivity contribution in [1.82, 2.24) is 10.6 Å². The number of nitrogens with one attached hydrogen (secondary N) is 2. The molecule has 0 heterocycles. The van der Waals surface area contributed by atoms with Crippen molar-refractivity contribution >= 4 is 165 Å². The molecule has 2 rings (SSSR count). The predicted octanol–water partition coefficient (Wildman–Crippen LogP) is 1.18. The Hall–Kier alpha value is 0.460. The third-order valence-corrected chi connectivity index (χ3v) is 13.8. The summed E-state index contributed by atoms with van der Waals surface area (Å²) in [6.45, 7) is -3.28. The van der Waals surface area contributed by atoms with E-state index in [9.17, 15) is 39.6 Å². The molecule has 0 bridgehead atoms. The number of rotatable bonds is 13. The van der Waals surface area contributed by atoms with E-state index in [4.69, 9.17) is 15.3 Å². The summed E-state index contributed by atoms with van der Waals surface area (Å²) in [6, 6.07) is 3.45. The zero-order valence-electron chi connectivity index (χ0n) is 22.7.